The lowest BCUT2D eigenvalue weighted by Crippen LogP contribution is -2.21. The summed E-state index contributed by atoms with van der Waals surface area (Å²) in [5.74, 6) is -2.54. The number of alkyl halides is 3. The van der Waals surface area contributed by atoms with Gasteiger partial charge in [0.2, 0.25) is 0 Å². The topological polar surface area (TPSA) is 49.3 Å². The Morgan fingerprint density at radius 3 is 2.50 bits per heavy atom. The summed E-state index contributed by atoms with van der Waals surface area (Å²) in [6, 6.07) is 1.64. The third kappa shape index (κ3) is 3.43. The van der Waals surface area contributed by atoms with Gasteiger partial charge in [-0.1, -0.05) is 6.07 Å². The van der Waals surface area contributed by atoms with Crippen molar-refractivity contribution in [2.24, 2.45) is 0 Å². The monoisotopic (exact) mass is 265 g/mol. The largest absolute Gasteiger partial charge is 0.481 e. The first kappa shape index (κ1) is 14.4. The summed E-state index contributed by atoms with van der Waals surface area (Å²) < 4.78 is 50.5. The van der Waals surface area contributed by atoms with Gasteiger partial charge in [-0.2, -0.15) is 13.2 Å². The molecule has 0 radical (unpaired) electrons. The van der Waals surface area contributed by atoms with Crippen LogP contribution in [0.15, 0.2) is 18.2 Å². The lowest BCUT2D eigenvalue weighted by atomic mass is 10.0. The second kappa shape index (κ2) is 5.34. The van der Waals surface area contributed by atoms with Crippen molar-refractivity contribution >= 4 is 5.97 Å². The molecular weight excluding hydrogens is 254 g/mol. The van der Waals surface area contributed by atoms with Gasteiger partial charge in [0.1, 0.15) is 5.82 Å². The number of benzene rings is 1. The zero-order chi connectivity index (χ0) is 13.9. The molecule has 1 unspecified atom stereocenters. The van der Waals surface area contributed by atoms with Crippen LogP contribution < -0.4 is 5.32 Å². The number of aliphatic carboxylic acids is 1. The molecule has 100 valence electrons. The Morgan fingerprint density at radius 1 is 1.44 bits per heavy atom. The van der Waals surface area contributed by atoms with Crippen LogP contribution in [0.1, 0.15) is 23.6 Å². The van der Waals surface area contributed by atoms with E-state index in [0.717, 1.165) is 6.07 Å². The van der Waals surface area contributed by atoms with Gasteiger partial charge in [-0.05, 0) is 24.7 Å². The summed E-state index contributed by atoms with van der Waals surface area (Å²) in [6.45, 7) is 0. The SMILES string of the molecule is CNC(CC(=O)O)c1ccc(F)c(C(F)(F)F)c1. The maximum absolute atomic E-state index is 13.0. The molecule has 0 saturated heterocycles. The molecule has 0 saturated carbocycles. The van der Waals surface area contributed by atoms with Gasteiger partial charge in [0.25, 0.3) is 0 Å². The number of halogens is 4. The van der Waals surface area contributed by atoms with Crippen molar-refractivity contribution in [2.75, 3.05) is 7.05 Å². The first-order valence-corrected chi connectivity index (χ1v) is 5.01. The van der Waals surface area contributed by atoms with E-state index < -0.39 is 29.6 Å². The Bertz CT molecular complexity index is 445. The van der Waals surface area contributed by atoms with E-state index in [9.17, 15) is 22.4 Å². The van der Waals surface area contributed by atoms with Crippen molar-refractivity contribution in [3.05, 3.63) is 35.1 Å². The molecule has 18 heavy (non-hydrogen) atoms. The summed E-state index contributed by atoms with van der Waals surface area (Å²) in [6.07, 6.45) is -5.19. The van der Waals surface area contributed by atoms with Crippen molar-refractivity contribution < 1.29 is 27.5 Å². The van der Waals surface area contributed by atoms with E-state index in [1.165, 1.54) is 7.05 Å². The van der Waals surface area contributed by atoms with E-state index in [-0.39, 0.29) is 12.0 Å². The molecule has 0 amide bonds. The molecule has 1 aromatic rings. The third-order valence-electron chi connectivity index (χ3n) is 2.43. The van der Waals surface area contributed by atoms with Crippen LogP contribution in [0.4, 0.5) is 17.6 Å². The standard InChI is InChI=1S/C11H11F4NO2/c1-16-9(5-10(17)18)6-2-3-8(12)7(4-6)11(13,14)15/h2-4,9,16H,5H2,1H3,(H,17,18). The second-order valence-corrected chi connectivity index (χ2v) is 3.68. The normalized spacial score (nSPS) is 13.4. The summed E-state index contributed by atoms with van der Waals surface area (Å²) in [7, 11) is 1.42. The number of rotatable bonds is 4. The van der Waals surface area contributed by atoms with E-state index in [0.29, 0.717) is 12.1 Å². The Hall–Kier alpha value is -1.63. The highest BCUT2D eigenvalue weighted by atomic mass is 19.4. The van der Waals surface area contributed by atoms with E-state index in [1.807, 2.05) is 0 Å². The maximum Gasteiger partial charge on any atom is 0.419 e. The van der Waals surface area contributed by atoms with Gasteiger partial charge in [-0.25, -0.2) is 4.39 Å². The highest BCUT2D eigenvalue weighted by Gasteiger charge is 2.34. The van der Waals surface area contributed by atoms with Gasteiger partial charge < -0.3 is 10.4 Å². The average molecular weight is 265 g/mol. The first-order chi connectivity index (χ1) is 8.25. The van der Waals surface area contributed by atoms with Crippen molar-refractivity contribution in [2.45, 2.75) is 18.6 Å². The molecule has 1 aromatic carbocycles. The number of hydrogen-bond donors (Lipinski definition) is 2. The summed E-state index contributed by atoms with van der Waals surface area (Å²) in [5.41, 5.74) is -1.32. The molecule has 0 fully saturated rings. The van der Waals surface area contributed by atoms with Gasteiger partial charge >= 0.3 is 12.1 Å². The molecule has 0 spiro atoms. The second-order valence-electron chi connectivity index (χ2n) is 3.68. The Labute approximate surface area is 100 Å². The molecule has 0 bridgehead atoms. The van der Waals surface area contributed by atoms with Crippen molar-refractivity contribution in [1.82, 2.24) is 5.32 Å². The lowest BCUT2D eigenvalue weighted by molar-refractivity contribution is -0.140. The maximum atomic E-state index is 13.0. The first-order valence-electron chi connectivity index (χ1n) is 5.01. The van der Waals surface area contributed by atoms with Gasteiger partial charge in [-0.15, -0.1) is 0 Å². The zero-order valence-corrected chi connectivity index (χ0v) is 9.38. The Balaban J connectivity index is 3.14. The Kier molecular flexibility index (Phi) is 4.28. The predicted octanol–water partition coefficient (Wildman–Crippen LogP) is 2.58. The van der Waals surface area contributed by atoms with Crippen molar-refractivity contribution in [3.63, 3.8) is 0 Å². The summed E-state index contributed by atoms with van der Waals surface area (Å²) >= 11 is 0. The number of hydrogen-bond acceptors (Lipinski definition) is 2. The quantitative estimate of drug-likeness (QED) is 0.823. The zero-order valence-electron chi connectivity index (χ0n) is 9.38. The van der Waals surface area contributed by atoms with E-state index in [4.69, 9.17) is 5.11 Å². The molecule has 0 heterocycles. The molecular formula is C11H11F4NO2. The third-order valence-corrected chi connectivity index (χ3v) is 2.43. The molecule has 3 nitrogen and oxygen atoms in total. The van der Waals surface area contributed by atoms with Crippen LogP contribution >= 0.6 is 0 Å². The molecule has 1 rings (SSSR count). The lowest BCUT2D eigenvalue weighted by Gasteiger charge is -2.16. The number of carbonyl (C=O) groups is 1. The van der Waals surface area contributed by atoms with Gasteiger partial charge in [0, 0.05) is 6.04 Å². The average Bonchev–Trinajstić information content (AvgIpc) is 2.25. The van der Waals surface area contributed by atoms with Crippen LogP contribution in [-0.4, -0.2) is 18.1 Å². The fourth-order valence-corrected chi connectivity index (χ4v) is 1.54. The highest BCUT2D eigenvalue weighted by Crippen LogP contribution is 2.33. The molecule has 0 aromatic heterocycles. The number of carboxylic acid groups (broad SMARTS) is 1. The van der Waals surface area contributed by atoms with Crippen LogP contribution in [0.5, 0.6) is 0 Å². The number of carboxylic acids is 1. The summed E-state index contributed by atoms with van der Waals surface area (Å²) in [4.78, 5) is 10.6. The van der Waals surface area contributed by atoms with Crippen LogP contribution in [0.3, 0.4) is 0 Å². The smallest absolute Gasteiger partial charge is 0.419 e. The minimum atomic E-state index is -4.80. The van der Waals surface area contributed by atoms with Crippen molar-refractivity contribution in [3.8, 4) is 0 Å². The van der Waals surface area contributed by atoms with Gasteiger partial charge in [0.05, 0.1) is 12.0 Å². The van der Waals surface area contributed by atoms with Gasteiger partial charge in [-0.3, -0.25) is 4.79 Å². The number of nitrogens with one attached hydrogen (secondary N) is 1. The molecule has 7 heteroatoms. The van der Waals surface area contributed by atoms with E-state index in [1.54, 1.807) is 0 Å². The minimum absolute atomic E-state index is 0.0774. The van der Waals surface area contributed by atoms with E-state index >= 15 is 0 Å². The highest BCUT2D eigenvalue weighted by molar-refractivity contribution is 5.68. The predicted molar refractivity (Wildman–Crippen MR) is 55.5 cm³/mol. The molecule has 0 aliphatic carbocycles. The fourth-order valence-electron chi connectivity index (χ4n) is 1.54. The fraction of sp³-hybridized carbons (Fsp3) is 0.364. The van der Waals surface area contributed by atoms with Crippen LogP contribution in [0.2, 0.25) is 0 Å². The minimum Gasteiger partial charge on any atom is -0.481 e. The molecule has 2 N–H and O–H groups in total. The van der Waals surface area contributed by atoms with E-state index in [2.05, 4.69) is 5.32 Å². The summed E-state index contributed by atoms with van der Waals surface area (Å²) in [5, 5.41) is 11.2. The Morgan fingerprint density at radius 2 is 2.06 bits per heavy atom. The molecule has 0 aliphatic rings. The van der Waals surface area contributed by atoms with Crippen LogP contribution in [0, 0.1) is 5.82 Å². The van der Waals surface area contributed by atoms with Crippen molar-refractivity contribution in [1.29, 1.82) is 0 Å². The van der Waals surface area contributed by atoms with Crippen LogP contribution in [-0.2, 0) is 11.0 Å². The molecule has 0 aliphatic heterocycles. The van der Waals surface area contributed by atoms with Gasteiger partial charge in [0.15, 0.2) is 0 Å². The van der Waals surface area contributed by atoms with Crippen LogP contribution in [0.25, 0.3) is 0 Å². The molecule has 1 atom stereocenters.